The van der Waals surface area contributed by atoms with Gasteiger partial charge in [0.1, 0.15) is 0 Å². The van der Waals surface area contributed by atoms with Crippen molar-refractivity contribution in [2.75, 3.05) is 0 Å². The van der Waals surface area contributed by atoms with Crippen LogP contribution in [0.15, 0.2) is 22.3 Å². The number of nitrogens with zero attached hydrogens (tertiary/aromatic N) is 1. The lowest BCUT2D eigenvalue weighted by molar-refractivity contribution is 0.688. The van der Waals surface area contributed by atoms with Crippen LogP contribution in [0.3, 0.4) is 0 Å². The van der Waals surface area contributed by atoms with Crippen molar-refractivity contribution in [3.63, 3.8) is 0 Å². The van der Waals surface area contributed by atoms with Crippen LogP contribution in [0.4, 0.5) is 0 Å². The van der Waals surface area contributed by atoms with E-state index in [0.717, 1.165) is 18.8 Å². The molecule has 0 aromatic carbocycles. The topological polar surface area (TPSA) is 24.9 Å². The van der Waals surface area contributed by atoms with Crippen LogP contribution < -0.4 is 5.32 Å². The predicted octanol–water partition coefficient (Wildman–Crippen LogP) is 2.80. The zero-order valence-corrected chi connectivity index (χ0v) is 9.62. The zero-order valence-electron chi connectivity index (χ0n) is 7.99. The first-order valence-corrected chi connectivity index (χ1v) is 6.29. The Kier molecular flexibility index (Phi) is 3.29. The molecule has 2 heterocycles. The first kappa shape index (κ1) is 9.83. The molecule has 2 aromatic rings. The summed E-state index contributed by atoms with van der Waals surface area (Å²) in [7, 11) is 0. The summed E-state index contributed by atoms with van der Waals surface area (Å²) >= 11 is 3.45. The van der Waals surface area contributed by atoms with E-state index < -0.39 is 0 Å². The molecule has 0 bridgehead atoms. The third-order valence-electron chi connectivity index (χ3n) is 2.04. The molecular formula is C10H12N2S2. The van der Waals surface area contributed by atoms with E-state index in [0.29, 0.717) is 0 Å². The van der Waals surface area contributed by atoms with Crippen molar-refractivity contribution in [1.29, 1.82) is 0 Å². The summed E-state index contributed by atoms with van der Waals surface area (Å²) < 4.78 is 0. The zero-order chi connectivity index (χ0) is 9.80. The van der Waals surface area contributed by atoms with Gasteiger partial charge in [0, 0.05) is 23.3 Å². The highest BCUT2D eigenvalue weighted by atomic mass is 32.1. The van der Waals surface area contributed by atoms with Crippen LogP contribution in [0, 0.1) is 6.92 Å². The van der Waals surface area contributed by atoms with E-state index in [1.807, 2.05) is 5.51 Å². The molecule has 0 spiro atoms. The van der Waals surface area contributed by atoms with Crippen molar-refractivity contribution in [3.8, 4) is 0 Å². The number of thiophene rings is 1. The molecule has 0 aliphatic carbocycles. The van der Waals surface area contributed by atoms with E-state index >= 15 is 0 Å². The molecule has 0 aliphatic heterocycles. The predicted molar refractivity (Wildman–Crippen MR) is 61.7 cm³/mol. The van der Waals surface area contributed by atoms with Crippen molar-refractivity contribution in [2.45, 2.75) is 20.0 Å². The molecule has 0 saturated carbocycles. The average molecular weight is 224 g/mol. The highest BCUT2D eigenvalue weighted by Gasteiger charge is 1.99. The first-order chi connectivity index (χ1) is 6.86. The average Bonchev–Trinajstić information content (AvgIpc) is 2.78. The molecular weight excluding hydrogens is 212 g/mol. The van der Waals surface area contributed by atoms with Gasteiger partial charge in [-0.3, -0.25) is 0 Å². The highest BCUT2D eigenvalue weighted by Crippen LogP contribution is 2.14. The van der Waals surface area contributed by atoms with Gasteiger partial charge in [-0.25, -0.2) is 4.98 Å². The Morgan fingerprint density at radius 2 is 2.36 bits per heavy atom. The summed E-state index contributed by atoms with van der Waals surface area (Å²) in [5.41, 5.74) is 4.37. The van der Waals surface area contributed by atoms with Crippen LogP contribution >= 0.6 is 22.7 Å². The third-order valence-corrected chi connectivity index (χ3v) is 3.70. The van der Waals surface area contributed by atoms with Gasteiger partial charge in [0.15, 0.2) is 0 Å². The Morgan fingerprint density at radius 1 is 1.43 bits per heavy atom. The summed E-state index contributed by atoms with van der Waals surface area (Å²) in [4.78, 5) is 5.63. The standard InChI is InChI=1S/C10H12N2S2/c1-8-2-3-14-10(8)5-11-4-9-6-13-7-12-9/h2-3,6-7,11H,4-5H2,1H3. The molecule has 0 fully saturated rings. The van der Waals surface area contributed by atoms with Gasteiger partial charge in [-0.15, -0.1) is 22.7 Å². The number of aromatic nitrogens is 1. The second-order valence-electron chi connectivity index (χ2n) is 3.11. The van der Waals surface area contributed by atoms with Gasteiger partial charge in [0.2, 0.25) is 0 Å². The summed E-state index contributed by atoms with van der Waals surface area (Å²) in [5.74, 6) is 0. The fraction of sp³-hybridized carbons (Fsp3) is 0.300. The maximum atomic E-state index is 4.22. The lowest BCUT2D eigenvalue weighted by Crippen LogP contribution is -2.12. The molecule has 4 heteroatoms. The number of hydrogen-bond donors (Lipinski definition) is 1. The summed E-state index contributed by atoms with van der Waals surface area (Å²) in [6.45, 7) is 3.96. The summed E-state index contributed by atoms with van der Waals surface area (Å²) in [5, 5.41) is 7.60. The second-order valence-corrected chi connectivity index (χ2v) is 4.83. The van der Waals surface area contributed by atoms with E-state index in [1.54, 1.807) is 22.7 Å². The van der Waals surface area contributed by atoms with Gasteiger partial charge in [0.05, 0.1) is 11.2 Å². The van der Waals surface area contributed by atoms with E-state index in [9.17, 15) is 0 Å². The quantitative estimate of drug-likeness (QED) is 0.864. The smallest absolute Gasteiger partial charge is 0.0795 e. The minimum absolute atomic E-state index is 0.862. The largest absolute Gasteiger partial charge is 0.306 e. The molecule has 0 saturated heterocycles. The van der Waals surface area contributed by atoms with Gasteiger partial charge in [0.25, 0.3) is 0 Å². The highest BCUT2D eigenvalue weighted by molar-refractivity contribution is 7.10. The first-order valence-electron chi connectivity index (χ1n) is 4.47. The van der Waals surface area contributed by atoms with Gasteiger partial charge in [-0.2, -0.15) is 0 Å². The molecule has 74 valence electrons. The van der Waals surface area contributed by atoms with Crippen LogP contribution in [0.25, 0.3) is 0 Å². The molecule has 2 nitrogen and oxygen atoms in total. The fourth-order valence-electron chi connectivity index (χ4n) is 1.21. The SMILES string of the molecule is Cc1ccsc1CNCc1cscn1. The Morgan fingerprint density at radius 3 is 3.00 bits per heavy atom. The minimum Gasteiger partial charge on any atom is -0.306 e. The minimum atomic E-state index is 0.862. The Balaban J connectivity index is 1.81. The molecule has 0 atom stereocenters. The van der Waals surface area contributed by atoms with Gasteiger partial charge >= 0.3 is 0 Å². The summed E-state index contributed by atoms with van der Waals surface area (Å²) in [6.07, 6.45) is 0. The van der Waals surface area contributed by atoms with Crippen molar-refractivity contribution >= 4 is 22.7 Å². The van der Waals surface area contributed by atoms with Crippen LogP contribution in [-0.4, -0.2) is 4.98 Å². The lowest BCUT2D eigenvalue weighted by atomic mass is 10.3. The molecule has 0 radical (unpaired) electrons. The normalized spacial score (nSPS) is 10.6. The van der Waals surface area contributed by atoms with Crippen molar-refractivity contribution < 1.29 is 0 Å². The number of aryl methyl sites for hydroxylation is 1. The Labute approximate surface area is 91.6 Å². The number of rotatable bonds is 4. The van der Waals surface area contributed by atoms with E-state index in [1.165, 1.54) is 10.4 Å². The van der Waals surface area contributed by atoms with E-state index in [4.69, 9.17) is 0 Å². The maximum Gasteiger partial charge on any atom is 0.0795 e. The molecule has 14 heavy (non-hydrogen) atoms. The van der Waals surface area contributed by atoms with Crippen molar-refractivity contribution in [2.24, 2.45) is 0 Å². The molecule has 0 amide bonds. The number of hydrogen-bond acceptors (Lipinski definition) is 4. The van der Waals surface area contributed by atoms with Crippen LogP contribution in [0.1, 0.15) is 16.1 Å². The Bertz CT molecular complexity index is 378. The van der Waals surface area contributed by atoms with E-state index in [2.05, 4.69) is 34.1 Å². The monoisotopic (exact) mass is 224 g/mol. The van der Waals surface area contributed by atoms with Gasteiger partial charge in [-0.1, -0.05) is 0 Å². The molecule has 2 rings (SSSR count). The molecule has 1 N–H and O–H groups in total. The van der Waals surface area contributed by atoms with Crippen LogP contribution in [-0.2, 0) is 13.1 Å². The molecule has 0 aliphatic rings. The van der Waals surface area contributed by atoms with Crippen molar-refractivity contribution in [1.82, 2.24) is 10.3 Å². The molecule has 0 unspecified atom stereocenters. The van der Waals surface area contributed by atoms with E-state index in [-0.39, 0.29) is 0 Å². The summed E-state index contributed by atoms with van der Waals surface area (Å²) in [6, 6.07) is 2.16. The second kappa shape index (κ2) is 4.68. The number of nitrogens with one attached hydrogen (secondary N) is 1. The Hall–Kier alpha value is -0.710. The van der Waals surface area contributed by atoms with Crippen LogP contribution in [0.2, 0.25) is 0 Å². The fourth-order valence-corrected chi connectivity index (χ4v) is 2.65. The number of thiazole rings is 1. The molecule has 2 aromatic heterocycles. The third kappa shape index (κ3) is 2.41. The maximum absolute atomic E-state index is 4.22. The van der Waals surface area contributed by atoms with Gasteiger partial charge < -0.3 is 5.32 Å². The van der Waals surface area contributed by atoms with Gasteiger partial charge in [-0.05, 0) is 23.9 Å². The van der Waals surface area contributed by atoms with Crippen molar-refractivity contribution in [3.05, 3.63) is 38.5 Å². The lowest BCUT2D eigenvalue weighted by Gasteiger charge is -2.01. The van der Waals surface area contributed by atoms with Crippen LogP contribution in [0.5, 0.6) is 0 Å².